The summed E-state index contributed by atoms with van der Waals surface area (Å²) < 4.78 is 5.08. The molecule has 1 aromatic carbocycles. The number of likely N-dealkylation sites (tertiary alicyclic amines) is 1. The van der Waals surface area contributed by atoms with Crippen LogP contribution in [0.2, 0.25) is 0 Å². The molecule has 0 spiro atoms. The van der Waals surface area contributed by atoms with Crippen molar-refractivity contribution in [3.05, 3.63) is 29.3 Å². The first kappa shape index (κ1) is 14.4. The predicted octanol–water partition coefficient (Wildman–Crippen LogP) is 2.41. The van der Waals surface area contributed by atoms with Crippen LogP contribution in [0, 0.1) is 0 Å². The molecule has 5 nitrogen and oxygen atoms in total. The Hall–Kier alpha value is -2.04. The molecule has 1 aromatic rings. The average Bonchev–Trinajstić information content (AvgIpc) is 2.94. The monoisotopic (exact) mass is 277 g/mol. The lowest BCUT2D eigenvalue weighted by molar-refractivity contribution is 0.0696. The van der Waals surface area contributed by atoms with Crippen LogP contribution in [0.1, 0.15) is 46.9 Å². The molecule has 2 rings (SSSR count). The lowest BCUT2D eigenvalue weighted by Crippen LogP contribution is -2.35. The first-order chi connectivity index (χ1) is 9.56. The molecular weight excluding hydrogens is 258 g/mol. The number of nitrogens with zero attached hydrogens (tertiary/aromatic N) is 1. The molecule has 5 heteroatoms. The summed E-state index contributed by atoms with van der Waals surface area (Å²) in [5, 5.41) is 9.09. The number of ether oxygens (including phenoxy) is 1. The van der Waals surface area contributed by atoms with Crippen molar-refractivity contribution in [1.29, 1.82) is 0 Å². The van der Waals surface area contributed by atoms with Crippen LogP contribution >= 0.6 is 0 Å². The number of methoxy groups -OCH3 is 1. The number of rotatable bonds is 4. The highest BCUT2D eigenvalue weighted by Crippen LogP contribution is 2.24. The van der Waals surface area contributed by atoms with Crippen molar-refractivity contribution in [2.45, 2.75) is 32.2 Å². The van der Waals surface area contributed by atoms with Gasteiger partial charge in [0.05, 0.1) is 12.7 Å². The van der Waals surface area contributed by atoms with Crippen LogP contribution in [0.3, 0.4) is 0 Å². The number of aromatic carboxylic acids is 1. The first-order valence-corrected chi connectivity index (χ1v) is 6.80. The molecule has 0 aliphatic carbocycles. The number of benzene rings is 1. The lowest BCUT2D eigenvalue weighted by Gasteiger charge is -2.24. The van der Waals surface area contributed by atoms with E-state index in [2.05, 4.69) is 6.92 Å². The number of carbonyl (C=O) groups is 2. The minimum Gasteiger partial charge on any atom is -0.497 e. The van der Waals surface area contributed by atoms with Crippen molar-refractivity contribution in [1.82, 2.24) is 4.90 Å². The molecule has 0 bridgehead atoms. The van der Waals surface area contributed by atoms with E-state index in [1.54, 1.807) is 6.07 Å². The Morgan fingerprint density at radius 2 is 2.05 bits per heavy atom. The number of hydrogen-bond donors (Lipinski definition) is 1. The van der Waals surface area contributed by atoms with Gasteiger partial charge in [-0.2, -0.15) is 0 Å². The van der Waals surface area contributed by atoms with E-state index in [9.17, 15) is 9.59 Å². The molecule has 0 aromatic heterocycles. The molecule has 20 heavy (non-hydrogen) atoms. The van der Waals surface area contributed by atoms with Crippen molar-refractivity contribution in [2.24, 2.45) is 0 Å². The lowest BCUT2D eigenvalue weighted by atomic mass is 10.1. The molecule has 0 radical (unpaired) electrons. The molecule has 1 aliphatic rings. The summed E-state index contributed by atoms with van der Waals surface area (Å²) in [6.07, 6.45) is 2.93. The van der Waals surface area contributed by atoms with Gasteiger partial charge in [-0.1, -0.05) is 6.92 Å². The second-order valence-corrected chi connectivity index (χ2v) is 4.96. The molecule has 0 unspecified atom stereocenters. The third-order valence-electron chi connectivity index (χ3n) is 3.75. The van der Waals surface area contributed by atoms with Gasteiger partial charge in [0, 0.05) is 18.2 Å². The van der Waals surface area contributed by atoms with Gasteiger partial charge in [0.25, 0.3) is 5.91 Å². The highest BCUT2D eigenvalue weighted by atomic mass is 16.5. The highest BCUT2D eigenvalue weighted by Gasteiger charge is 2.28. The zero-order chi connectivity index (χ0) is 14.7. The highest BCUT2D eigenvalue weighted by molar-refractivity contribution is 5.98. The maximum absolute atomic E-state index is 12.5. The van der Waals surface area contributed by atoms with Crippen LogP contribution < -0.4 is 4.74 Å². The summed E-state index contributed by atoms with van der Waals surface area (Å²) in [7, 11) is 1.46. The fourth-order valence-electron chi connectivity index (χ4n) is 2.66. The smallest absolute Gasteiger partial charge is 0.335 e. The number of carboxylic acids is 1. The third kappa shape index (κ3) is 2.76. The minimum absolute atomic E-state index is 0.0694. The van der Waals surface area contributed by atoms with Gasteiger partial charge in [0.15, 0.2) is 0 Å². The fraction of sp³-hybridized carbons (Fsp3) is 0.467. The van der Waals surface area contributed by atoms with Crippen molar-refractivity contribution >= 4 is 11.9 Å². The zero-order valence-electron chi connectivity index (χ0n) is 11.8. The van der Waals surface area contributed by atoms with Crippen LogP contribution in [0.25, 0.3) is 0 Å². The largest absolute Gasteiger partial charge is 0.497 e. The fourth-order valence-corrected chi connectivity index (χ4v) is 2.66. The summed E-state index contributed by atoms with van der Waals surface area (Å²) >= 11 is 0. The SMILES string of the molecule is CC[C@H]1CCCN1C(=O)c1cc(OC)cc(C(=O)O)c1. The van der Waals surface area contributed by atoms with Gasteiger partial charge >= 0.3 is 5.97 Å². The van der Waals surface area contributed by atoms with Crippen LogP contribution in [0.4, 0.5) is 0 Å². The number of amides is 1. The average molecular weight is 277 g/mol. The predicted molar refractivity (Wildman–Crippen MR) is 74.3 cm³/mol. The van der Waals surface area contributed by atoms with E-state index in [1.807, 2.05) is 4.90 Å². The van der Waals surface area contributed by atoms with Gasteiger partial charge < -0.3 is 14.7 Å². The zero-order valence-corrected chi connectivity index (χ0v) is 11.8. The Balaban J connectivity index is 2.33. The minimum atomic E-state index is -1.06. The standard InChI is InChI=1S/C15H19NO4/c1-3-12-5-4-6-16(12)14(17)10-7-11(15(18)19)9-13(8-10)20-2/h7-9,12H,3-6H2,1-2H3,(H,18,19)/t12-/m0/s1. The van der Waals surface area contributed by atoms with Crippen molar-refractivity contribution in [3.8, 4) is 5.75 Å². The van der Waals surface area contributed by atoms with Crippen LogP contribution in [0.5, 0.6) is 5.75 Å². The van der Waals surface area contributed by atoms with Gasteiger partial charge in [0.1, 0.15) is 5.75 Å². The second kappa shape index (κ2) is 5.94. The summed E-state index contributed by atoms with van der Waals surface area (Å²) in [4.78, 5) is 25.5. The van der Waals surface area contributed by atoms with Gasteiger partial charge in [-0.05, 0) is 37.5 Å². The molecule has 1 aliphatic heterocycles. The Morgan fingerprint density at radius 3 is 2.65 bits per heavy atom. The van der Waals surface area contributed by atoms with E-state index >= 15 is 0 Å². The van der Waals surface area contributed by atoms with E-state index in [0.717, 1.165) is 25.8 Å². The topological polar surface area (TPSA) is 66.8 Å². The summed E-state index contributed by atoms with van der Waals surface area (Å²) in [5.41, 5.74) is 0.446. The molecule has 0 saturated carbocycles. The Bertz CT molecular complexity index is 527. The van der Waals surface area contributed by atoms with E-state index in [4.69, 9.17) is 9.84 Å². The van der Waals surface area contributed by atoms with Crippen molar-refractivity contribution < 1.29 is 19.4 Å². The number of carboxylic acid groups (broad SMARTS) is 1. The molecule has 1 saturated heterocycles. The van der Waals surface area contributed by atoms with Gasteiger partial charge in [-0.25, -0.2) is 4.79 Å². The Labute approximate surface area is 118 Å². The molecule has 1 heterocycles. The third-order valence-corrected chi connectivity index (χ3v) is 3.75. The normalized spacial score (nSPS) is 18.1. The van der Waals surface area contributed by atoms with Crippen LogP contribution in [0.15, 0.2) is 18.2 Å². The first-order valence-electron chi connectivity index (χ1n) is 6.80. The quantitative estimate of drug-likeness (QED) is 0.917. The maximum atomic E-state index is 12.5. The van der Waals surface area contributed by atoms with Gasteiger partial charge in [0.2, 0.25) is 0 Å². The van der Waals surface area contributed by atoms with Crippen molar-refractivity contribution in [3.63, 3.8) is 0 Å². The number of hydrogen-bond acceptors (Lipinski definition) is 3. The van der Waals surface area contributed by atoms with E-state index in [1.165, 1.54) is 19.2 Å². The molecule has 1 fully saturated rings. The second-order valence-electron chi connectivity index (χ2n) is 4.96. The molecule has 1 N–H and O–H groups in total. The molecular formula is C15H19NO4. The van der Waals surface area contributed by atoms with E-state index < -0.39 is 5.97 Å². The van der Waals surface area contributed by atoms with Crippen molar-refractivity contribution in [2.75, 3.05) is 13.7 Å². The molecule has 108 valence electrons. The molecule has 1 atom stereocenters. The van der Waals surface area contributed by atoms with Gasteiger partial charge in [-0.3, -0.25) is 4.79 Å². The van der Waals surface area contributed by atoms with E-state index in [-0.39, 0.29) is 17.5 Å². The summed E-state index contributed by atoms with van der Waals surface area (Å²) in [5.74, 6) is -0.789. The Morgan fingerprint density at radius 1 is 1.35 bits per heavy atom. The van der Waals surface area contributed by atoms with Gasteiger partial charge in [-0.15, -0.1) is 0 Å². The van der Waals surface area contributed by atoms with Crippen LogP contribution in [-0.2, 0) is 0 Å². The summed E-state index contributed by atoms with van der Waals surface area (Å²) in [6.45, 7) is 2.79. The Kier molecular flexibility index (Phi) is 4.27. The number of carbonyl (C=O) groups excluding carboxylic acids is 1. The van der Waals surface area contributed by atoms with Crippen LogP contribution in [-0.4, -0.2) is 41.6 Å². The summed E-state index contributed by atoms with van der Waals surface area (Å²) in [6, 6.07) is 4.68. The van der Waals surface area contributed by atoms with E-state index in [0.29, 0.717) is 11.3 Å². The maximum Gasteiger partial charge on any atom is 0.335 e. The molecule has 1 amide bonds.